The van der Waals surface area contributed by atoms with E-state index >= 15 is 0 Å². The minimum Gasteiger partial charge on any atom is -0.264 e. The van der Waals surface area contributed by atoms with Crippen molar-refractivity contribution >= 4 is 10.8 Å². The monoisotopic (exact) mass is 201 g/mol. The molecule has 0 bridgehead atoms. The Kier molecular flexibility index (Phi) is 4.29. The quantitative estimate of drug-likeness (QED) is 0.676. The minimum absolute atomic E-state index is 1.08. The van der Waals surface area contributed by atoms with Crippen LogP contribution in [-0.4, -0.2) is 4.98 Å². The topological polar surface area (TPSA) is 12.9 Å². The molecule has 15 heavy (non-hydrogen) atoms. The summed E-state index contributed by atoms with van der Waals surface area (Å²) in [5.74, 6) is 0. The smallest absolute Gasteiger partial charge is 0.0349 e. The van der Waals surface area contributed by atoms with Crippen LogP contribution in [0.25, 0.3) is 10.8 Å². The lowest BCUT2D eigenvalue weighted by Crippen LogP contribution is -1.86. The first kappa shape index (κ1) is 11.7. The van der Waals surface area contributed by atoms with Gasteiger partial charge in [0.15, 0.2) is 0 Å². The number of rotatable bonds is 1. The van der Waals surface area contributed by atoms with Crippen LogP contribution in [0.2, 0.25) is 0 Å². The van der Waals surface area contributed by atoms with Crippen molar-refractivity contribution in [3.8, 4) is 0 Å². The van der Waals surface area contributed by atoms with Gasteiger partial charge in [-0.1, -0.05) is 32.9 Å². The van der Waals surface area contributed by atoms with Crippen molar-refractivity contribution in [3.63, 3.8) is 0 Å². The number of nitrogens with zero attached hydrogens (tertiary/aromatic N) is 1. The normalized spacial score (nSPS) is 9.60. The fraction of sp³-hybridized carbons (Fsp3) is 0.357. The van der Waals surface area contributed by atoms with Gasteiger partial charge in [-0.3, -0.25) is 4.98 Å². The summed E-state index contributed by atoms with van der Waals surface area (Å²) in [6.45, 7) is 8.31. The van der Waals surface area contributed by atoms with Crippen molar-refractivity contribution in [2.24, 2.45) is 0 Å². The molecule has 0 aliphatic heterocycles. The van der Waals surface area contributed by atoms with Gasteiger partial charge >= 0.3 is 0 Å². The summed E-state index contributed by atoms with van der Waals surface area (Å²) in [5.41, 5.74) is 2.71. The Morgan fingerprint density at radius 3 is 2.47 bits per heavy atom. The number of benzene rings is 1. The molecule has 0 atom stereocenters. The molecule has 1 aromatic carbocycles. The molecule has 2 aromatic rings. The average Bonchev–Trinajstić information content (AvgIpc) is 2.33. The zero-order valence-corrected chi connectivity index (χ0v) is 10.0. The van der Waals surface area contributed by atoms with Crippen LogP contribution in [-0.2, 0) is 6.42 Å². The summed E-state index contributed by atoms with van der Waals surface area (Å²) in [6, 6.07) is 6.47. The molecule has 1 aromatic heterocycles. The second-order valence-corrected chi connectivity index (χ2v) is 3.32. The maximum atomic E-state index is 4.15. The molecule has 0 unspecified atom stereocenters. The Bertz CT molecular complexity index is 432. The van der Waals surface area contributed by atoms with Crippen molar-refractivity contribution in [3.05, 3.63) is 41.7 Å². The summed E-state index contributed by atoms with van der Waals surface area (Å²) in [5, 5.41) is 2.62. The zero-order valence-electron chi connectivity index (χ0n) is 10.0. The van der Waals surface area contributed by atoms with E-state index in [4.69, 9.17) is 0 Å². The number of hydrogen-bond acceptors (Lipinski definition) is 1. The molecule has 1 heteroatoms. The van der Waals surface area contributed by atoms with E-state index in [0.717, 1.165) is 6.42 Å². The summed E-state index contributed by atoms with van der Waals surface area (Å²) in [4.78, 5) is 4.15. The van der Waals surface area contributed by atoms with Crippen molar-refractivity contribution in [2.75, 3.05) is 0 Å². The first-order valence-corrected chi connectivity index (χ1v) is 5.65. The maximum Gasteiger partial charge on any atom is 0.0349 e. The van der Waals surface area contributed by atoms with Crippen molar-refractivity contribution in [1.82, 2.24) is 4.98 Å². The van der Waals surface area contributed by atoms with E-state index < -0.39 is 0 Å². The number of aromatic nitrogens is 1. The average molecular weight is 201 g/mol. The second kappa shape index (κ2) is 5.50. The van der Waals surface area contributed by atoms with E-state index in [9.17, 15) is 0 Å². The summed E-state index contributed by atoms with van der Waals surface area (Å²) in [7, 11) is 0. The van der Waals surface area contributed by atoms with Gasteiger partial charge in [-0.05, 0) is 35.9 Å². The molecule has 1 nitrogen and oxygen atoms in total. The van der Waals surface area contributed by atoms with E-state index in [0.29, 0.717) is 0 Å². The summed E-state index contributed by atoms with van der Waals surface area (Å²) < 4.78 is 0. The number of pyridine rings is 1. The molecule has 2 rings (SSSR count). The molecule has 0 saturated carbocycles. The second-order valence-electron chi connectivity index (χ2n) is 3.32. The molecule has 1 heterocycles. The third-order valence-electron chi connectivity index (χ3n) is 2.51. The largest absolute Gasteiger partial charge is 0.264 e. The van der Waals surface area contributed by atoms with E-state index in [2.05, 4.69) is 37.0 Å². The van der Waals surface area contributed by atoms with Gasteiger partial charge in [0, 0.05) is 17.8 Å². The predicted molar refractivity (Wildman–Crippen MR) is 67.2 cm³/mol. The molecular weight excluding hydrogens is 182 g/mol. The van der Waals surface area contributed by atoms with Gasteiger partial charge in [0.05, 0.1) is 0 Å². The molecule has 0 aliphatic carbocycles. The Hall–Kier alpha value is -1.37. The van der Waals surface area contributed by atoms with Crippen LogP contribution in [0.5, 0.6) is 0 Å². The minimum atomic E-state index is 1.08. The van der Waals surface area contributed by atoms with Gasteiger partial charge in [-0.2, -0.15) is 0 Å². The molecular formula is C14H19N. The van der Waals surface area contributed by atoms with Gasteiger partial charge in [0.1, 0.15) is 0 Å². The first-order valence-electron chi connectivity index (χ1n) is 5.65. The van der Waals surface area contributed by atoms with Crippen molar-refractivity contribution in [2.45, 2.75) is 34.1 Å². The third-order valence-corrected chi connectivity index (χ3v) is 2.51. The van der Waals surface area contributed by atoms with Crippen LogP contribution in [0.15, 0.2) is 30.6 Å². The zero-order chi connectivity index (χ0) is 11.3. The predicted octanol–water partition coefficient (Wildman–Crippen LogP) is 4.13. The Morgan fingerprint density at radius 1 is 1.07 bits per heavy atom. The summed E-state index contributed by atoms with van der Waals surface area (Å²) >= 11 is 0. The Morgan fingerprint density at radius 2 is 1.80 bits per heavy atom. The highest BCUT2D eigenvalue weighted by Gasteiger charge is 2.00. The standard InChI is InChI=1S/C12H13N.C2H6/c1-3-10-5-4-9(2)12-8-13-7-6-11(10)12;1-2/h4-8H,3H2,1-2H3;1-2H3. The van der Waals surface area contributed by atoms with Crippen molar-refractivity contribution < 1.29 is 0 Å². The van der Waals surface area contributed by atoms with Gasteiger partial charge in [-0.25, -0.2) is 0 Å². The fourth-order valence-electron chi connectivity index (χ4n) is 1.70. The molecule has 0 fully saturated rings. The van der Waals surface area contributed by atoms with Crippen LogP contribution >= 0.6 is 0 Å². The highest BCUT2D eigenvalue weighted by atomic mass is 14.6. The molecule has 0 aliphatic rings. The van der Waals surface area contributed by atoms with E-state index in [-0.39, 0.29) is 0 Å². The lowest BCUT2D eigenvalue weighted by molar-refractivity contribution is 1.15. The molecule has 0 radical (unpaired) electrons. The van der Waals surface area contributed by atoms with Gasteiger partial charge in [-0.15, -0.1) is 0 Å². The lowest BCUT2D eigenvalue weighted by atomic mass is 10.0. The third kappa shape index (κ3) is 2.35. The van der Waals surface area contributed by atoms with Crippen LogP contribution in [0.4, 0.5) is 0 Å². The van der Waals surface area contributed by atoms with Crippen LogP contribution in [0.3, 0.4) is 0 Å². The molecule has 0 N–H and O–H groups in total. The first-order chi connectivity index (χ1) is 7.33. The Labute approximate surface area is 92.2 Å². The highest BCUT2D eigenvalue weighted by Crippen LogP contribution is 2.21. The van der Waals surface area contributed by atoms with Gasteiger partial charge in [0.25, 0.3) is 0 Å². The van der Waals surface area contributed by atoms with Gasteiger partial charge < -0.3 is 0 Å². The van der Waals surface area contributed by atoms with Crippen LogP contribution in [0.1, 0.15) is 31.9 Å². The number of hydrogen-bond donors (Lipinski definition) is 0. The molecule has 0 spiro atoms. The Balaban J connectivity index is 0.000000531. The maximum absolute atomic E-state index is 4.15. The fourth-order valence-corrected chi connectivity index (χ4v) is 1.70. The summed E-state index contributed by atoms with van der Waals surface area (Å²) in [6.07, 6.45) is 4.89. The lowest BCUT2D eigenvalue weighted by Gasteiger charge is -2.05. The molecule has 80 valence electrons. The van der Waals surface area contributed by atoms with Crippen LogP contribution in [0, 0.1) is 6.92 Å². The van der Waals surface area contributed by atoms with E-state index in [1.807, 2.05) is 26.2 Å². The van der Waals surface area contributed by atoms with Crippen LogP contribution < -0.4 is 0 Å². The number of aryl methyl sites for hydroxylation is 2. The number of fused-ring (bicyclic) bond motifs is 1. The SMILES string of the molecule is CC.CCc1ccc(C)c2cnccc12. The highest BCUT2D eigenvalue weighted by molar-refractivity contribution is 5.87. The van der Waals surface area contributed by atoms with Crippen molar-refractivity contribution in [1.29, 1.82) is 0 Å². The van der Waals surface area contributed by atoms with E-state index in [1.165, 1.54) is 21.9 Å². The molecule has 0 saturated heterocycles. The van der Waals surface area contributed by atoms with E-state index in [1.54, 1.807) is 0 Å². The van der Waals surface area contributed by atoms with Gasteiger partial charge in [0.2, 0.25) is 0 Å². The molecule has 0 amide bonds.